The van der Waals surface area contributed by atoms with Crippen LogP contribution in [0.3, 0.4) is 0 Å². The van der Waals surface area contributed by atoms with E-state index in [1.54, 1.807) is 17.0 Å². The van der Waals surface area contributed by atoms with Gasteiger partial charge in [0.2, 0.25) is 0 Å². The molecule has 48 heavy (non-hydrogen) atoms. The van der Waals surface area contributed by atoms with E-state index in [1.165, 1.54) is 0 Å². The van der Waals surface area contributed by atoms with E-state index in [4.69, 9.17) is 27.9 Å². The number of likely N-dealkylation sites (N-methyl/N-ethyl adjacent to an activating group) is 1. The van der Waals surface area contributed by atoms with Gasteiger partial charge in [0.25, 0.3) is 5.91 Å². The normalized spacial score (nSPS) is 19.6. The second-order valence-corrected chi connectivity index (χ2v) is 14.2. The van der Waals surface area contributed by atoms with Gasteiger partial charge in [-0.1, -0.05) is 59.6 Å². The molecule has 4 heterocycles. The van der Waals surface area contributed by atoms with E-state index in [0.717, 1.165) is 66.4 Å². The Bertz CT molecular complexity index is 1850. The SMILES string of the molecule is CN1CCN(C2CCN(C(=O)C(Cc3ccc(Cl)c(Cl)c3)OC(=O)N3CCC(n4c(=O)[nH]c5c6ccccc6ccc54)CC3)CC2)CC1. The molecular formula is C36H42Cl2N6O4. The van der Waals surface area contributed by atoms with Crippen LogP contribution in [0.4, 0.5) is 4.79 Å². The molecule has 3 aliphatic heterocycles. The van der Waals surface area contributed by atoms with E-state index in [2.05, 4.69) is 21.8 Å². The maximum absolute atomic E-state index is 14.0. The number of likely N-dealkylation sites (tertiary alicyclic amines) is 2. The quantitative estimate of drug-likeness (QED) is 0.291. The number of ether oxygens (including phenoxy) is 1. The molecular weight excluding hydrogens is 651 g/mol. The molecule has 2 amide bonds. The first-order valence-electron chi connectivity index (χ1n) is 17.0. The third-order valence-electron chi connectivity index (χ3n) is 10.5. The third kappa shape index (κ3) is 6.81. The Labute approximate surface area is 290 Å². The molecule has 3 fully saturated rings. The number of benzene rings is 3. The molecule has 10 nitrogen and oxygen atoms in total. The number of aromatic amines is 1. The van der Waals surface area contributed by atoms with Crippen LogP contribution in [0.15, 0.2) is 59.4 Å². The molecule has 0 radical (unpaired) electrons. The molecule has 3 aliphatic rings. The minimum atomic E-state index is -0.989. The highest BCUT2D eigenvalue weighted by Gasteiger charge is 2.35. The number of piperazine rings is 1. The lowest BCUT2D eigenvalue weighted by atomic mass is 10.0. The first kappa shape index (κ1) is 33.0. The Morgan fingerprint density at radius 3 is 2.25 bits per heavy atom. The number of hydrogen-bond acceptors (Lipinski definition) is 6. The van der Waals surface area contributed by atoms with Crippen molar-refractivity contribution in [2.75, 3.05) is 59.4 Å². The van der Waals surface area contributed by atoms with Gasteiger partial charge in [0, 0.05) is 76.2 Å². The number of imidazole rings is 1. The second kappa shape index (κ2) is 14.1. The zero-order valence-corrected chi connectivity index (χ0v) is 28.8. The van der Waals surface area contributed by atoms with Gasteiger partial charge < -0.3 is 24.4 Å². The van der Waals surface area contributed by atoms with Gasteiger partial charge in [-0.05, 0) is 61.9 Å². The van der Waals surface area contributed by atoms with Gasteiger partial charge in [-0.25, -0.2) is 9.59 Å². The zero-order chi connectivity index (χ0) is 33.4. The van der Waals surface area contributed by atoms with E-state index in [0.29, 0.717) is 55.1 Å². The van der Waals surface area contributed by atoms with Crippen molar-refractivity contribution in [3.05, 3.63) is 80.7 Å². The number of H-pyrrole nitrogens is 1. The van der Waals surface area contributed by atoms with E-state index in [-0.39, 0.29) is 24.1 Å². The summed E-state index contributed by atoms with van der Waals surface area (Å²) in [6, 6.07) is 17.7. The topological polar surface area (TPSA) is 94.1 Å². The molecule has 0 spiro atoms. The first-order chi connectivity index (χ1) is 23.2. The number of piperidine rings is 2. The van der Waals surface area contributed by atoms with Crippen molar-refractivity contribution in [2.24, 2.45) is 0 Å². The molecule has 0 saturated carbocycles. The summed E-state index contributed by atoms with van der Waals surface area (Å²) in [5, 5.41) is 2.90. The van der Waals surface area contributed by atoms with Gasteiger partial charge in [0.1, 0.15) is 0 Å². The minimum Gasteiger partial charge on any atom is -0.436 e. The first-order valence-corrected chi connectivity index (χ1v) is 17.7. The van der Waals surface area contributed by atoms with Crippen LogP contribution in [0, 0.1) is 0 Å². The van der Waals surface area contributed by atoms with Crippen LogP contribution in [0.25, 0.3) is 21.8 Å². The van der Waals surface area contributed by atoms with Crippen LogP contribution in [0.1, 0.15) is 37.3 Å². The van der Waals surface area contributed by atoms with E-state index in [1.807, 2.05) is 51.9 Å². The maximum Gasteiger partial charge on any atom is 0.410 e. The predicted octanol–water partition coefficient (Wildman–Crippen LogP) is 5.41. The highest BCUT2D eigenvalue weighted by atomic mass is 35.5. The highest BCUT2D eigenvalue weighted by Crippen LogP contribution is 2.30. The summed E-state index contributed by atoms with van der Waals surface area (Å²) in [5.74, 6) is -0.182. The molecule has 3 saturated heterocycles. The van der Waals surface area contributed by atoms with E-state index >= 15 is 0 Å². The summed E-state index contributed by atoms with van der Waals surface area (Å²) in [7, 11) is 2.16. The maximum atomic E-state index is 14.0. The summed E-state index contributed by atoms with van der Waals surface area (Å²) in [6.45, 7) is 6.32. The second-order valence-electron chi connectivity index (χ2n) is 13.4. The molecule has 254 valence electrons. The summed E-state index contributed by atoms with van der Waals surface area (Å²) in [4.78, 5) is 52.2. The number of aromatic nitrogens is 2. The van der Waals surface area contributed by atoms with Crippen molar-refractivity contribution in [1.29, 1.82) is 0 Å². The lowest BCUT2D eigenvalue weighted by molar-refractivity contribution is -0.142. The number of carbonyl (C=O) groups excluding carboxylic acids is 2. The third-order valence-corrected chi connectivity index (χ3v) is 11.2. The highest BCUT2D eigenvalue weighted by molar-refractivity contribution is 6.42. The van der Waals surface area contributed by atoms with E-state index < -0.39 is 12.2 Å². The molecule has 0 bridgehead atoms. The molecule has 12 heteroatoms. The molecule has 3 aromatic carbocycles. The largest absolute Gasteiger partial charge is 0.436 e. The molecule has 4 aromatic rings. The van der Waals surface area contributed by atoms with Crippen LogP contribution < -0.4 is 5.69 Å². The predicted molar refractivity (Wildman–Crippen MR) is 189 cm³/mol. The van der Waals surface area contributed by atoms with Crippen molar-refractivity contribution in [3.63, 3.8) is 0 Å². The average molecular weight is 694 g/mol. The van der Waals surface area contributed by atoms with Gasteiger partial charge in [-0.15, -0.1) is 0 Å². The Balaban J connectivity index is 1.02. The number of carbonyl (C=O) groups is 2. The van der Waals surface area contributed by atoms with Gasteiger partial charge >= 0.3 is 11.8 Å². The van der Waals surface area contributed by atoms with Crippen molar-refractivity contribution in [2.45, 2.75) is 50.3 Å². The summed E-state index contributed by atoms with van der Waals surface area (Å²) in [5.41, 5.74) is 2.32. The molecule has 1 atom stereocenters. The van der Waals surface area contributed by atoms with Crippen LogP contribution in [-0.2, 0) is 16.0 Å². The Kier molecular flexibility index (Phi) is 9.69. The smallest absolute Gasteiger partial charge is 0.410 e. The Hall–Kier alpha value is -3.57. The fourth-order valence-electron chi connectivity index (χ4n) is 7.64. The molecule has 7 rings (SSSR count). The lowest BCUT2D eigenvalue weighted by Gasteiger charge is -2.42. The summed E-state index contributed by atoms with van der Waals surface area (Å²) < 4.78 is 7.86. The lowest BCUT2D eigenvalue weighted by Crippen LogP contribution is -2.54. The number of nitrogens with one attached hydrogen (secondary N) is 1. The van der Waals surface area contributed by atoms with Gasteiger partial charge in [0.15, 0.2) is 6.10 Å². The van der Waals surface area contributed by atoms with Gasteiger partial charge in [-0.3, -0.25) is 14.3 Å². The van der Waals surface area contributed by atoms with Crippen molar-refractivity contribution in [3.8, 4) is 0 Å². The van der Waals surface area contributed by atoms with Crippen LogP contribution in [0.2, 0.25) is 10.0 Å². The molecule has 0 aliphatic carbocycles. The monoisotopic (exact) mass is 692 g/mol. The summed E-state index contributed by atoms with van der Waals surface area (Å²) >= 11 is 12.5. The van der Waals surface area contributed by atoms with Crippen LogP contribution >= 0.6 is 23.2 Å². The number of halogens is 2. The Morgan fingerprint density at radius 1 is 0.833 bits per heavy atom. The van der Waals surface area contributed by atoms with Gasteiger partial charge in [-0.2, -0.15) is 0 Å². The number of amides is 2. The number of hydrogen-bond donors (Lipinski definition) is 1. The fourth-order valence-corrected chi connectivity index (χ4v) is 7.96. The fraction of sp³-hybridized carbons (Fsp3) is 0.472. The minimum absolute atomic E-state index is 0.0632. The molecule has 1 N–H and O–H groups in total. The van der Waals surface area contributed by atoms with Gasteiger partial charge in [0.05, 0.1) is 21.1 Å². The van der Waals surface area contributed by atoms with Crippen molar-refractivity contribution < 1.29 is 14.3 Å². The average Bonchev–Trinajstić information content (AvgIpc) is 3.46. The van der Waals surface area contributed by atoms with E-state index in [9.17, 15) is 14.4 Å². The van der Waals surface area contributed by atoms with Crippen molar-refractivity contribution in [1.82, 2.24) is 29.2 Å². The standard InChI is InChI=1S/C36H42Cl2N6O4/c1-40-18-20-41(21-19-40)26-10-14-42(15-11-26)34(45)32(23-24-6-8-29(37)30(38)22-24)48-36(47)43-16-12-27(13-17-43)44-31-9-7-25-4-2-3-5-28(25)33(31)39-35(44)46/h2-9,22,26-27,32H,10-21,23H2,1H3,(H,39,46). The zero-order valence-electron chi connectivity index (χ0n) is 27.2. The number of rotatable bonds is 6. The number of nitrogens with zero attached hydrogens (tertiary/aromatic N) is 5. The van der Waals surface area contributed by atoms with Crippen molar-refractivity contribution >= 4 is 57.0 Å². The van der Waals surface area contributed by atoms with Crippen LogP contribution in [-0.4, -0.2) is 113 Å². The van der Waals surface area contributed by atoms with Crippen LogP contribution in [0.5, 0.6) is 0 Å². The molecule has 1 unspecified atom stereocenters. The number of fused-ring (bicyclic) bond motifs is 3. The molecule has 1 aromatic heterocycles. The summed E-state index contributed by atoms with van der Waals surface area (Å²) in [6.07, 6.45) is 1.70. The Morgan fingerprint density at radius 2 is 1.52 bits per heavy atom.